The van der Waals surface area contributed by atoms with Gasteiger partial charge in [0.2, 0.25) is 5.91 Å². The first-order valence-electron chi connectivity index (χ1n) is 11.1. The number of nitrogens with zero attached hydrogens (tertiary/aromatic N) is 1. The lowest BCUT2D eigenvalue weighted by atomic mass is 9.97. The number of carboxylic acids is 1. The van der Waals surface area contributed by atoms with E-state index < -0.39 is 24.0 Å². The number of alkyl carbamates (subject to hydrolysis) is 1. The van der Waals surface area contributed by atoms with Gasteiger partial charge in [-0.15, -0.1) is 0 Å². The van der Waals surface area contributed by atoms with Crippen LogP contribution in [0.25, 0.3) is 11.1 Å². The van der Waals surface area contributed by atoms with Crippen LogP contribution < -0.4 is 5.32 Å². The van der Waals surface area contributed by atoms with E-state index in [4.69, 9.17) is 4.74 Å². The molecule has 1 fully saturated rings. The molecule has 1 saturated heterocycles. The first kappa shape index (κ1) is 21.9. The molecule has 32 heavy (non-hydrogen) atoms. The van der Waals surface area contributed by atoms with Crippen molar-refractivity contribution < 1.29 is 24.2 Å². The molecule has 2 amide bonds. The third-order valence-electron chi connectivity index (χ3n) is 6.42. The number of piperidine rings is 1. The molecule has 2 N–H and O–H groups in total. The number of likely N-dealkylation sites (tertiary alicyclic amines) is 1. The smallest absolute Gasteiger partial charge is 0.407 e. The first-order chi connectivity index (χ1) is 15.5. The minimum Gasteiger partial charge on any atom is -0.481 e. The van der Waals surface area contributed by atoms with Crippen molar-refractivity contribution in [1.29, 1.82) is 0 Å². The zero-order valence-corrected chi connectivity index (χ0v) is 18.1. The van der Waals surface area contributed by atoms with Crippen molar-refractivity contribution in [2.75, 3.05) is 19.7 Å². The average molecular weight is 437 g/mol. The molecule has 4 rings (SSSR count). The molecule has 2 aliphatic rings. The molecular weight excluding hydrogens is 408 g/mol. The lowest BCUT2D eigenvalue weighted by Crippen LogP contribution is -2.52. The quantitative estimate of drug-likeness (QED) is 0.721. The minimum atomic E-state index is -0.889. The van der Waals surface area contributed by atoms with Gasteiger partial charge >= 0.3 is 12.1 Å². The Kier molecular flexibility index (Phi) is 6.44. The number of hydrogen-bond donors (Lipinski definition) is 2. The van der Waals surface area contributed by atoms with Gasteiger partial charge in [0.05, 0.1) is 5.92 Å². The van der Waals surface area contributed by atoms with Crippen molar-refractivity contribution in [3.63, 3.8) is 0 Å². The van der Waals surface area contributed by atoms with E-state index in [0.717, 1.165) is 22.3 Å². The number of hydrogen-bond acceptors (Lipinski definition) is 4. The van der Waals surface area contributed by atoms with E-state index in [1.807, 2.05) is 31.2 Å². The highest BCUT2D eigenvalue weighted by Crippen LogP contribution is 2.44. The van der Waals surface area contributed by atoms with Crippen LogP contribution in [0.15, 0.2) is 48.5 Å². The van der Waals surface area contributed by atoms with Gasteiger partial charge in [0.15, 0.2) is 0 Å². The first-order valence-corrected chi connectivity index (χ1v) is 11.1. The van der Waals surface area contributed by atoms with Gasteiger partial charge in [0.25, 0.3) is 0 Å². The Morgan fingerprint density at radius 1 is 1.09 bits per heavy atom. The average Bonchev–Trinajstić information content (AvgIpc) is 3.14. The number of carboxylic acid groups (broad SMARTS) is 1. The molecule has 1 heterocycles. The number of fused-ring (bicyclic) bond motifs is 3. The number of carbonyl (C=O) groups excluding carboxylic acids is 2. The maximum atomic E-state index is 12.9. The van der Waals surface area contributed by atoms with E-state index in [0.29, 0.717) is 25.8 Å². The second kappa shape index (κ2) is 9.42. The summed E-state index contributed by atoms with van der Waals surface area (Å²) in [6, 6.07) is 15.5. The molecule has 2 aromatic carbocycles. The molecule has 0 bridgehead atoms. The maximum absolute atomic E-state index is 12.9. The van der Waals surface area contributed by atoms with Gasteiger partial charge < -0.3 is 20.1 Å². The monoisotopic (exact) mass is 436 g/mol. The summed E-state index contributed by atoms with van der Waals surface area (Å²) < 4.78 is 5.55. The fourth-order valence-electron chi connectivity index (χ4n) is 4.72. The van der Waals surface area contributed by atoms with Crippen LogP contribution in [0.4, 0.5) is 4.79 Å². The predicted octanol–water partition coefficient (Wildman–Crippen LogP) is 3.63. The van der Waals surface area contributed by atoms with E-state index in [1.54, 1.807) is 4.90 Å². The Balaban J connectivity index is 1.38. The van der Waals surface area contributed by atoms with Gasteiger partial charge in [0.1, 0.15) is 12.6 Å². The highest BCUT2D eigenvalue weighted by Gasteiger charge is 2.33. The Morgan fingerprint density at radius 2 is 1.72 bits per heavy atom. The van der Waals surface area contributed by atoms with Crippen molar-refractivity contribution in [3.05, 3.63) is 59.7 Å². The number of ether oxygens (including phenoxy) is 1. The maximum Gasteiger partial charge on any atom is 0.407 e. The molecule has 1 unspecified atom stereocenters. The van der Waals surface area contributed by atoms with Crippen molar-refractivity contribution in [1.82, 2.24) is 10.2 Å². The molecule has 2 atom stereocenters. The van der Waals surface area contributed by atoms with Crippen molar-refractivity contribution in [3.8, 4) is 11.1 Å². The third kappa shape index (κ3) is 4.33. The minimum absolute atomic E-state index is 0.0534. The van der Waals surface area contributed by atoms with E-state index in [-0.39, 0.29) is 25.0 Å². The van der Waals surface area contributed by atoms with Crippen LogP contribution in [-0.4, -0.2) is 53.7 Å². The fourth-order valence-corrected chi connectivity index (χ4v) is 4.72. The second-order valence-electron chi connectivity index (χ2n) is 8.39. The normalized spacial score (nSPS) is 18.4. The van der Waals surface area contributed by atoms with Crippen LogP contribution in [0.2, 0.25) is 0 Å². The summed E-state index contributed by atoms with van der Waals surface area (Å²) >= 11 is 0. The number of amides is 2. The van der Waals surface area contributed by atoms with E-state index >= 15 is 0 Å². The largest absolute Gasteiger partial charge is 0.481 e. The number of nitrogens with one attached hydrogen (secondary N) is 1. The fraction of sp³-hybridized carbons (Fsp3) is 0.400. The van der Waals surface area contributed by atoms with Crippen molar-refractivity contribution >= 4 is 18.0 Å². The van der Waals surface area contributed by atoms with E-state index in [1.165, 1.54) is 0 Å². The zero-order valence-electron chi connectivity index (χ0n) is 18.1. The zero-order chi connectivity index (χ0) is 22.7. The SMILES string of the molecule is CC[C@H](NC(=O)OCC1c2ccccc2-c2ccccc21)C(=O)N1CCCC(C(=O)O)C1. The Labute approximate surface area is 187 Å². The van der Waals surface area contributed by atoms with Gasteiger partial charge in [-0.25, -0.2) is 4.79 Å². The summed E-state index contributed by atoms with van der Waals surface area (Å²) in [4.78, 5) is 38.3. The van der Waals surface area contributed by atoms with Crippen molar-refractivity contribution in [2.45, 2.75) is 38.1 Å². The molecule has 1 aliphatic carbocycles. The Hall–Kier alpha value is -3.35. The summed E-state index contributed by atoms with van der Waals surface area (Å²) in [5.41, 5.74) is 4.55. The topological polar surface area (TPSA) is 95.9 Å². The van der Waals surface area contributed by atoms with Crippen LogP contribution in [0.5, 0.6) is 0 Å². The molecular formula is C25H28N2O5. The van der Waals surface area contributed by atoms with Gasteiger partial charge in [-0.05, 0) is 41.5 Å². The van der Waals surface area contributed by atoms with Crippen LogP contribution in [-0.2, 0) is 14.3 Å². The van der Waals surface area contributed by atoms with Gasteiger partial charge in [-0.1, -0.05) is 55.5 Å². The van der Waals surface area contributed by atoms with Gasteiger partial charge in [-0.3, -0.25) is 9.59 Å². The van der Waals surface area contributed by atoms with Crippen LogP contribution in [0.1, 0.15) is 43.2 Å². The summed E-state index contributed by atoms with van der Waals surface area (Å²) in [6.07, 6.45) is 0.968. The molecule has 7 nitrogen and oxygen atoms in total. The van der Waals surface area contributed by atoms with Crippen molar-refractivity contribution in [2.24, 2.45) is 5.92 Å². The highest BCUT2D eigenvalue weighted by molar-refractivity contribution is 5.86. The second-order valence-corrected chi connectivity index (χ2v) is 8.39. The molecule has 0 saturated carbocycles. The molecule has 2 aromatic rings. The van der Waals surface area contributed by atoms with E-state index in [9.17, 15) is 19.5 Å². The highest BCUT2D eigenvalue weighted by atomic mass is 16.5. The van der Waals surface area contributed by atoms with E-state index in [2.05, 4.69) is 29.6 Å². The van der Waals surface area contributed by atoms with Gasteiger partial charge in [-0.2, -0.15) is 0 Å². The summed E-state index contributed by atoms with van der Waals surface area (Å²) in [5, 5.41) is 11.9. The molecule has 0 radical (unpaired) electrons. The van der Waals surface area contributed by atoms with Crippen LogP contribution >= 0.6 is 0 Å². The summed E-state index contributed by atoms with van der Waals surface area (Å²) in [6.45, 7) is 2.67. The third-order valence-corrected chi connectivity index (χ3v) is 6.42. The number of aliphatic carboxylic acids is 1. The standard InChI is InChI=1S/C25H28N2O5/c1-2-22(23(28)27-13-7-8-16(14-27)24(29)30)26-25(31)32-15-21-19-11-5-3-9-17(19)18-10-4-6-12-20(18)21/h3-6,9-12,16,21-22H,2,7-8,13-15H2,1H3,(H,26,31)(H,29,30)/t16?,22-/m0/s1. The number of carbonyl (C=O) groups is 3. The predicted molar refractivity (Wildman–Crippen MR) is 119 cm³/mol. The Morgan fingerprint density at radius 3 is 2.31 bits per heavy atom. The van der Waals surface area contributed by atoms with Gasteiger partial charge in [0, 0.05) is 19.0 Å². The summed E-state index contributed by atoms with van der Waals surface area (Å²) in [5.74, 6) is -1.76. The number of benzene rings is 2. The lowest BCUT2D eigenvalue weighted by molar-refractivity contribution is -0.146. The Bertz CT molecular complexity index is 975. The summed E-state index contributed by atoms with van der Waals surface area (Å²) in [7, 11) is 0. The molecule has 168 valence electrons. The lowest BCUT2D eigenvalue weighted by Gasteiger charge is -2.33. The van der Waals surface area contributed by atoms with Crippen LogP contribution in [0.3, 0.4) is 0 Å². The molecule has 0 spiro atoms. The molecule has 1 aliphatic heterocycles. The van der Waals surface area contributed by atoms with Crippen LogP contribution in [0, 0.1) is 5.92 Å². The number of rotatable bonds is 6. The molecule has 7 heteroatoms. The molecule has 0 aromatic heterocycles.